The fraction of sp³-hybridized carbons (Fsp3) is 0.467. The van der Waals surface area contributed by atoms with E-state index in [1.54, 1.807) is 0 Å². The lowest BCUT2D eigenvalue weighted by Gasteiger charge is -2.20. The minimum atomic E-state index is -0.472. The highest BCUT2D eigenvalue weighted by atomic mass is 35.5. The van der Waals surface area contributed by atoms with Gasteiger partial charge >= 0.3 is 0 Å². The molecule has 0 aliphatic rings. The number of rotatable bonds is 5. The summed E-state index contributed by atoms with van der Waals surface area (Å²) >= 11 is 0. The van der Waals surface area contributed by atoms with Gasteiger partial charge in [-0.1, -0.05) is 26.0 Å². The molecule has 1 aromatic heterocycles. The first kappa shape index (κ1) is 16.0. The van der Waals surface area contributed by atoms with Crippen LogP contribution in [0.5, 0.6) is 0 Å². The molecule has 0 amide bonds. The van der Waals surface area contributed by atoms with Gasteiger partial charge in [-0.05, 0) is 41.8 Å². The van der Waals surface area contributed by atoms with Crippen LogP contribution < -0.4 is 5.73 Å². The summed E-state index contributed by atoms with van der Waals surface area (Å²) < 4.78 is 0. The van der Waals surface area contributed by atoms with Gasteiger partial charge in [-0.2, -0.15) is 0 Å². The fourth-order valence-corrected chi connectivity index (χ4v) is 2.18. The third-order valence-electron chi connectivity index (χ3n) is 3.42. The first-order valence-corrected chi connectivity index (χ1v) is 6.58. The second kappa shape index (κ2) is 6.94. The van der Waals surface area contributed by atoms with Crippen molar-refractivity contribution in [2.75, 3.05) is 0 Å². The molecule has 0 aliphatic heterocycles. The zero-order valence-electron chi connectivity index (χ0n) is 11.5. The van der Waals surface area contributed by atoms with Crippen molar-refractivity contribution in [3.63, 3.8) is 0 Å². The van der Waals surface area contributed by atoms with Crippen molar-refractivity contribution in [3.8, 4) is 0 Å². The number of H-pyrrole nitrogens is 1. The molecule has 0 fully saturated rings. The van der Waals surface area contributed by atoms with E-state index in [0.29, 0.717) is 5.92 Å². The van der Waals surface area contributed by atoms with E-state index in [-0.39, 0.29) is 18.4 Å². The van der Waals surface area contributed by atoms with Crippen molar-refractivity contribution in [3.05, 3.63) is 36.0 Å². The van der Waals surface area contributed by atoms with Gasteiger partial charge in [-0.15, -0.1) is 12.4 Å². The summed E-state index contributed by atoms with van der Waals surface area (Å²) in [5, 5.41) is 11.3. The van der Waals surface area contributed by atoms with E-state index in [0.717, 1.165) is 23.9 Å². The lowest BCUT2D eigenvalue weighted by atomic mass is 9.95. The predicted octanol–water partition coefficient (Wildman–Crippen LogP) is 3.39. The molecule has 0 saturated heterocycles. The predicted molar refractivity (Wildman–Crippen MR) is 82.6 cm³/mol. The SMILES string of the molecule is CC(C)CC[C@@H](O)[C@@H](N)c1ccc2cc[nH]c2c1.Cl. The van der Waals surface area contributed by atoms with Gasteiger partial charge in [-0.3, -0.25) is 0 Å². The molecule has 19 heavy (non-hydrogen) atoms. The van der Waals surface area contributed by atoms with E-state index in [2.05, 4.69) is 18.8 Å². The Morgan fingerprint density at radius 1 is 1.21 bits per heavy atom. The summed E-state index contributed by atoms with van der Waals surface area (Å²) in [6.45, 7) is 4.31. The van der Waals surface area contributed by atoms with Crippen LogP contribution in [0.1, 0.15) is 38.3 Å². The molecule has 1 heterocycles. The average Bonchev–Trinajstić information content (AvgIpc) is 2.81. The fourth-order valence-electron chi connectivity index (χ4n) is 2.18. The molecule has 0 radical (unpaired) electrons. The maximum atomic E-state index is 10.1. The van der Waals surface area contributed by atoms with Gasteiger partial charge < -0.3 is 15.8 Å². The van der Waals surface area contributed by atoms with Crippen LogP contribution >= 0.6 is 12.4 Å². The van der Waals surface area contributed by atoms with Crippen LogP contribution in [0.25, 0.3) is 10.9 Å². The summed E-state index contributed by atoms with van der Waals surface area (Å²) in [6, 6.07) is 7.78. The number of benzene rings is 1. The molecule has 3 nitrogen and oxygen atoms in total. The molecule has 106 valence electrons. The summed E-state index contributed by atoms with van der Waals surface area (Å²) in [5.74, 6) is 0.595. The number of hydrogen-bond acceptors (Lipinski definition) is 2. The van der Waals surface area contributed by atoms with E-state index in [1.807, 2.05) is 30.5 Å². The Hall–Kier alpha value is -1.03. The second-order valence-electron chi connectivity index (χ2n) is 5.39. The summed E-state index contributed by atoms with van der Waals surface area (Å²) in [7, 11) is 0. The van der Waals surface area contributed by atoms with Gasteiger partial charge in [0.15, 0.2) is 0 Å². The van der Waals surface area contributed by atoms with E-state index in [4.69, 9.17) is 5.73 Å². The molecule has 4 heteroatoms. The summed E-state index contributed by atoms with van der Waals surface area (Å²) in [6.07, 6.45) is 3.19. The molecule has 0 aliphatic carbocycles. The average molecular weight is 283 g/mol. The summed E-state index contributed by atoms with van der Waals surface area (Å²) in [4.78, 5) is 3.17. The standard InChI is InChI=1S/C15H22N2O.ClH/c1-10(2)3-6-14(18)15(16)12-5-4-11-7-8-17-13(11)9-12;/h4-5,7-10,14-15,17-18H,3,6,16H2,1-2H3;1H/t14-,15+;/m1./s1. The van der Waals surface area contributed by atoms with Crippen LogP contribution in [-0.2, 0) is 0 Å². The number of nitrogens with two attached hydrogens (primary N) is 1. The highest BCUT2D eigenvalue weighted by molar-refractivity contribution is 5.85. The van der Waals surface area contributed by atoms with Gasteiger partial charge in [0, 0.05) is 11.7 Å². The maximum Gasteiger partial charge on any atom is 0.0732 e. The molecule has 0 spiro atoms. The lowest BCUT2D eigenvalue weighted by molar-refractivity contribution is 0.128. The molecule has 1 aromatic carbocycles. The van der Waals surface area contributed by atoms with Gasteiger partial charge in [0.1, 0.15) is 0 Å². The van der Waals surface area contributed by atoms with Crippen molar-refractivity contribution in [2.45, 2.75) is 38.8 Å². The molecule has 0 bridgehead atoms. The number of aromatic amines is 1. The molecule has 2 rings (SSSR count). The Bertz CT molecular complexity index is 510. The van der Waals surface area contributed by atoms with Crippen molar-refractivity contribution < 1.29 is 5.11 Å². The third kappa shape index (κ3) is 3.96. The molecule has 0 unspecified atom stereocenters. The Morgan fingerprint density at radius 3 is 2.63 bits per heavy atom. The minimum absolute atomic E-state index is 0. The lowest BCUT2D eigenvalue weighted by Crippen LogP contribution is -2.26. The normalized spacial score (nSPS) is 14.4. The molecule has 2 aromatic rings. The number of aliphatic hydroxyl groups is 1. The maximum absolute atomic E-state index is 10.1. The van der Waals surface area contributed by atoms with E-state index in [9.17, 15) is 5.11 Å². The van der Waals surface area contributed by atoms with Crippen molar-refractivity contribution >= 4 is 23.3 Å². The third-order valence-corrected chi connectivity index (χ3v) is 3.42. The van der Waals surface area contributed by atoms with Gasteiger partial charge in [0.05, 0.1) is 12.1 Å². The number of hydrogen-bond donors (Lipinski definition) is 3. The second-order valence-corrected chi connectivity index (χ2v) is 5.39. The van der Waals surface area contributed by atoms with Gasteiger partial charge in [0.2, 0.25) is 0 Å². The highest BCUT2D eigenvalue weighted by Crippen LogP contribution is 2.22. The molecular formula is C15H23ClN2O. The minimum Gasteiger partial charge on any atom is -0.391 e. The van der Waals surface area contributed by atoms with E-state index >= 15 is 0 Å². The largest absolute Gasteiger partial charge is 0.391 e. The number of aliphatic hydroxyl groups excluding tert-OH is 1. The van der Waals surface area contributed by atoms with Crippen molar-refractivity contribution in [1.82, 2.24) is 4.98 Å². The van der Waals surface area contributed by atoms with Crippen molar-refractivity contribution in [1.29, 1.82) is 0 Å². The first-order valence-electron chi connectivity index (χ1n) is 6.58. The van der Waals surface area contributed by atoms with Crippen LogP contribution in [0.15, 0.2) is 30.5 Å². The Kier molecular flexibility index (Phi) is 5.85. The first-order chi connectivity index (χ1) is 8.58. The Balaban J connectivity index is 0.00000180. The topological polar surface area (TPSA) is 62.0 Å². The number of nitrogens with one attached hydrogen (secondary N) is 1. The molecule has 0 saturated carbocycles. The molecule has 4 N–H and O–H groups in total. The Morgan fingerprint density at radius 2 is 1.95 bits per heavy atom. The van der Waals surface area contributed by atoms with E-state index < -0.39 is 6.10 Å². The highest BCUT2D eigenvalue weighted by Gasteiger charge is 2.17. The quantitative estimate of drug-likeness (QED) is 0.787. The van der Waals surface area contributed by atoms with Crippen LogP contribution in [0.2, 0.25) is 0 Å². The smallest absolute Gasteiger partial charge is 0.0732 e. The molecular weight excluding hydrogens is 260 g/mol. The monoisotopic (exact) mass is 282 g/mol. The summed E-state index contributed by atoms with van der Waals surface area (Å²) in [5.41, 5.74) is 8.18. The number of halogens is 1. The zero-order chi connectivity index (χ0) is 13.1. The zero-order valence-corrected chi connectivity index (χ0v) is 12.3. The van der Waals surface area contributed by atoms with Crippen LogP contribution in [-0.4, -0.2) is 16.2 Å². The van der Waals surface area contributed by atoms with E-state index in [1.165, 1.54) is 5.39 Å². The van der Waals surface area contributed by atoms with Crippen molar-refractivity contribution in [2.24, 2.45) is 11.7 Å². The number of aromatic nitrogens is 1. The van der Waals surface area contributed by atoms with Gasteiger partial charge in [-0.25, -0.2) is 0 Å². The van der Waals surface area contributed by atoms with Crippen LogP contribution in [0.3, 0.4) is 0 Å². The Labute approximate surface area is 120 Å². The van der Waals surface area contributed by atoms with Crippen LogP contribution in [0.4, 0.5) is 0 Å². The number of fused-ring (bicyclic) bond motifs is 1. The molecule has 2 atom stereocenters. The van der Waals surface area contributed by atoms with Gasteiger partial charge in [0.25, 0.3) is 0 Å². The van der Waals surface area contributed by atoms with Crippen LogP contribution in [0, 0.1) is 5.92 Å².